The van der Waals surface area contributed by atoms with Crippen LogP contribution in [0.1, 0.15) is 36.5 Å². The summed E-state index contributed by atoms with van der Waals surface area (Å²) >= 11 is 0. The van der Waals surface area contributed by atoms with E-state index in [1.165, 1.54) is 11.8 Å². The van der Waals surface area contributed by atoms with E-state index in [2.05, 4.69) is 26.0 Å². The Morgan fingerprint density at radius 3 is 2.50 bits per heavy atom. The third-order valence-electron chi connectivity index (χ3n) is 2.94. The smallest absolute Gasteiger partial charge is 0.175 e. The van der Waals surface area contributed by atoms with Gasteiger partial charge in [0.1, 0.15) is 0 Å². The normalized spacial score (nSPS) is 14.5. The van der Waals surface area contributed by atoms with Crippen molar-refractivity contribution in [3.63, 3.8) is 0 Å². The molecule has 0 atom stereocenters. The average molecular weight is 236 g/mol. The Bertz CT molecular complexity index is 552. The van der Waals surface area contributed by atoms with E-state index in [0.29, 0.717) is 10.8 Å². The van der Waals surface area contributed by atoms with Gasteiger partial charge in [-0.3, -0.25) is 0 Å². The number of allylic oxidation sites excluding steroid dienone is 1. The second-order valence-electron chi connectivity index (χ2n) is 4.62. The Hall–Kier alpha value is -1.09. The van der Waals surface area contributed by atoms with Gasteiger partial charge in [0.15, 0.2) is 9.84 Å². The summed E-state index contributed by atoms with van der Waals surface area (Å²) in [5.41, 5.74) is 3.47. The maximum Gasteiger partial charge on any atom is 0.175 e. The van der Waals surface area contributed by atoms with Crippen LogP contribution in [0.4, 0.5) is 0 Å². The first-order valence-corrected chi connectivity index (χ1v) is 7.32. The molecule has 3 heteroatoms. The van der Waals surface area contributed by atoms with E-state index in [-0.39, 0.29) is 0 Å². The molecule has 0 bridgehead atoms. The Morgan fingerprint density at radius 1 is 1.25 bits per heavy atom. The predicted octanol–water partition coefficient (Wildman–Crippen LogP) is 2.78. The van der Waals surface area contributed by atoms with Crippen LogP contribution in [-0.2, 0) is 16.3 Å². The Morgan fingerprint density at radius 2 is 1.94 bits per heavy atom. The standard InChI is InChI=1S/C13H16O2S/c1-9(2)13-8-11(16(3,14)15)7-10-5-4-6-12(10)13/h4,6-9H,5H2,1-3H3. The molecule has 2 rings (SSSR count). The minimum absolute atomic E-state index is 0.346. The van der Waals surface area contributed by atoms with Gasteiger partial charge >= 0.3 is 0 Å². The van der Waals surface area contributed by atoms with Crippen molar-refractivity contribution in [1.82, 2.24) is 0 Å². The molecule has 0 fully saturated rings. The van der Waals surface area contributed by atoms with E-state index in [1.807, 2.05) is 6.07 Å². The largest absolute Gasteiger partial charge is 0.224 e. The van der Waals surface area contributed by atoms with Gasteiger partial charge in [-0.1, -0.05) is 26.0 Å². The fourth-order valence-corrected chi connectivity index (χ4v) is 2.77. The molecule has 1 aliphatic rings. The van der Waals surface area contributed by atoms with Crippen LogP contribution < -0.4 is 0 Å². The maximum atomic E-state index is 11.6. The lowest BCUT2D eigenvalue weighted by Crippen LogP contribution is -2.02. The Balaban J connectivity index is 2.69. The van der Waals surface area contributed by atoms with Crippen molar-refractivity contribution in [2.45, 2.75) is 31.1 Å². The van der Waals surface area contributed by atoms with Crippen LogP contribution in [0.3, 0.4) is 0 Å². The van der Waals surface area contributed by atoms with Gasteiger partial charge in [-0.25, -0.2) is 8.42 Å². The van der Waals surface area contributed by atoms with Gasteiger partial charge in [-0.05, 0) is 41.2 Å². The van der Waals surface area contributed by atoms with Crippen LogP contribution >= 0.6 is 0 Å². The third-order valence-corrected chi connectivity index (χ3v) is 4.04. The van der Waals surface area contributed by atoms with Gasteiger partial charge in [0.25, 0.3) is 0 Å². The molecule has 1 aromatic carbocycles. The van der Waals surface area contributed by atoms with Gasteiger partial charge in [-0.15, -0.1) is 0 Å². The zero-order chi connectivity index (χ0) is 11.9. The molecule has 1 aliphatic carbocycles. The molecule has 86 valence electrons. The van der Waals surface area contributed by atoms with E-state index >= 15 is 0 Å². The summed E-state index contributed by atoms with van der Waals surface area (Å²) in [4.78, 5) is 0.443. The quantitative estimate of drug-likeness (QED) is 0.791. The summed E-state index contributed by atoms with van der Waals surface area (Å²) in [5.74, 6) is 0.346. The van der Waals surface area contributed by atoms with Crippen molar-refractivity contribution < 1.29 is 8.42 Å². The molecule has 0 aliphatic heterocycles. The summed E-state index contributed by atoms with van der Waals surface area (Å²) < 4.78 is 23.2. The van der Waals surface area contributed by atoms with E-state index in [0.717, 1.165) is 17.5 Å². The molecular weight excluding hydrogens is 220 g/mol. The van der Waals surface area contributed by atoms with Crippen molar-refractivity contribution in [3.8, 4) is 0 Å². The number of hydrogen-bond donors (Lipinski definition) is 0. The van der Waals surface area contributed by atoms with E-state index in [4.69, 9.17) is 0 Å². The SMILES string of the molecule is CC(C)c1cc(S(C)(=O)=O)cc2c1C=CC2. The zero-order valence-corrected chi connectivity index (χ0v) is 10.6. The summed E-state index contributed by atoms with van der Waals surface area (Å²) in [6.07, 6.45) is 6.29. The van der Waals surface area contributed by atoms with E-state index in [9.17, 15) is 8.42 Å². The predicted molar refractivity (Wildman–Crippen MR) is 66.4 cm³/mol. The molecule has 0 radical (unpaired) electrons. The number of fused-ring (bicyclic) bond motifs is 1. The lowest BCUT2D eigenvalue weighted by atomic mass is 9.95. The van der Waals surface area contributed by atoms with E-state index < -0.39 is 9.84 Å². The number of rotatable bonds is 2. The molecular formula is C13H16O2S. The van der Waals surface area contributed by atoms with E-state index in [1.54, 1.807) is 6.07 Å². The van der Waals surface area contributed by atoms with Gasteiger partial charge in [0, 0.05) is 6.26 Å². The summed E-state index contributed by atoms with van der Waals surface area (Å²) in [7, 11) is -3.11. The minimum atomic E-state index is -3.11. The summed E-state index contributed by atoms with van der Waals surface area (Å²) in [5, 5.41) is 0. The molecule has 1 aromatic rings. The second kappa shape index (κ2) is 3.74. The highest BCUT2D eigenvalue weighted by molar-refractivity contribution is 7.90. The van der Waals surface area contributed by atoms with Crippen LogP contribution in [-0.4, -0.2) is 14.7 Å². The fraction of sp³-hybridized carbons (Fsp3) is 0.385. The first-order valence-electron chi connectivity index (χ1n) is 5.43. The first kappa shape index (κ1) is 11.4. The molecule has 2 nitrogen and oxygen atoms in total. The number of hydrogen-bond acceptors (Lipinski definition) is 2. The van der Waals surface area contributed by atoms with Gasteiger partial charge in [0.05, 0.1) is 4.90 Å². The minimum Gasteiger partial charge on any atom is -0.224 e. The zero-order valence-electron chi connectivity index (χ0n) is 9.82. The van der Waals surface area contributed by atoms with Crippen LogP contribution in [0.15, 0.2) is 23.1 Å². The lowest BCUT2D eigenvalue weighted by molar-refractivity contribution is 0.601. The molecule has 0 saturated heterocycles. The molecule has 0 saturated carbocycles. The second-order valence-corrected chi connectivity index (χ2v) is 6.63. The topological polar surface area (TPSA) is 34.1 Å². The number of benzene rings is 1. The monoisotopic (exact) mass is 236 g/mol. The van der Waals surface area contributed by atoms with Gasteiger partial charge < -0.3 is 0 Å². The van der Waals surface area contributed by atoms with Crippen LogP contribution in [0, 0.1) is 0 Å². The molecule has 0 N–H and O–H groups in total. The lowest BCUT2D eigenvalue weighted by Gasteiger charge is -2.13. The molecule has 0 aromatic heterocycles. The van der Waals surface area contributed by atoms with Crippen molar-refractivity contribution in [2.75, 3.05) is 6.26 Å². The van der Waals surface area contributed by atoms with Crippen molar-refractivity contribution in [1.29, 1.82) is 0 Å². The highest BCUT2D eigenvalue weighted by Gasteiger charge is 2.17. The third kappa shape index (κ3) is 1.92. The van der Waals surface area contributed by atoms with Crippen LogP contribution in [0.25, 0.3) is 6.08 Å². The molecule has 0 spiro atoms. The Kier molecular flexibility index (Phi) is 2.66. The van der Waals surface area contributed by atoms with Crippen LogP contribution in [0.5, 0.6) is 0 Å². The van der Waals surface area contributed by atoms with Crippen LogP contribution in [0.2, 0.25) is 0 Å². The molecule has 0 amide bonds. The van der Waals surface area contributed by atoms with Gasteiger partial charge in [-0.2, -0.15) is 0 Å². The number of sulfone groups is 1. The Labute approximate surface area is 96.9 Å². The summed E-state index contributed by atoms with van der Waals surface area (Å²) in [6.45, 7) is 4.18. The maximum absolute atomic E-state index is 11.6. The fourth-order valence-electron chi connectivity index (χ4n) is 2.08. The highest BCUT2D eigenvalue weighted by atomic mass is 32.2. The van der Waals surface area contributed by atoms with Crippen molar-refractivity contribution >= 4 is 15.9 Å². The highest BCUT2D eigenvalue weighted by Crippen LogP contribution is 2.31. The molecule has 0 heterocycles. The summed E-state index contributed by atoms with van der Waals surface area (Å²) in [6, 6.07) is 3.62. The first-order chi connectivity index (χ1) is 7.39. The van der Waals surface area contributed by atoms with Gasteiger partial charge in [0.2, 0.25) is 0 Å². The average Bonchev–Trinajstić information content (AvgIpc) is 2.61. The molecule has 16 heavy (non-hydrogen) atoms. The van der Waals surface area contributed by atoms with Crippen molar-refractivity contribution in [3.05, 3.63) is 34.9 Å². The van der Waals surface area contributed by atoms with Crippen molar-refractivity contribution in [2.24, 2.45) is 0 Å². The molecule has 0 unspecified atom stereocenters.